The molecular formula is C15H24NO+. The van der Waals surface area contributed by atoms with Gasteiger partial charge in [-0.15, -0.1) is 0 Å². The van der Waals surface area contributed by atoms with Crippen LogP contribution in [0.2, 0.25) is 0 Å². The first kappa shape index (κ1) is 13.9. The van der Waals surface area contributed by atoms with Gasteiger partial charge >= 0.3 is 5.91 Å². The molecule has 0 aliphatic carbocycles. The lowest BCUT2D eigenvalue weighted by atomic mass is 9.95. The van der Waals surface area contributed by atoms with Crippen LogP contribution in [-0.4, -0.2) is 23.2 Å². The fourth-order valence-electron chi connectivity index (χ4n) is 2.24. The zero-order chi connectivity index (χ0) is 12.8. The molecule has 1 amide bonds. The Labute approximate surface area is 105 Å². The van der Waals surface area contributed by atoms with E-state index in [2.05, 4.69) is 26.8 Å². The SMILES string of the molecule is CCC/C=C(\CCC)C1=[N+](C)C(=O)CC=C1C. The largest absolute Gasteiger partial charge is 0.390 e. The molecule has 2 heteroatoms. The molecule has 0 spiro atoms. The summed E-state index contributed by atoms with van der Waals surface area (Å²) in [7, 11) is 1.89. The zero-order valence-electron chi connectivity index (χ0n) is 11.5. The summed E-state index contributed by atoms with van der Waals surface area (Å²) in [6.45, 7) is 6.47. The van der Waals surface area contributed by atoms with Gasteiger partial charge in [0.15, 0.2) is 0 Å². The number of carbonyl (C=O) groups is 1. The number of hydrogen-bond acceptors (Lipinski definition) is 1. The maximum absolute atomic E-state index is 11.8. The molecule has 94 valence electrons. The van der Waals surface area contributed by atoms with Crippen molar-refractivity contribution in [2.24, 2.45) is 0 Å². The van der Waals surface area contributed by atoms with Crippen molar-refractivity contribution in [1.29, 1.82) is 0 Å². The molecule has 2 nitrogen and oxygen atoms in total. The van der Waals surface area contributed by atoms with Gasteiger partial charge in [0, 0.05) is 11.1 Å². The van der Waals surface area contributed by atoms with Crippen molar-refractivity contribution in [1.82, 2.24) is 0 Å². The van der Waals surface area contributed by atoms with E-state index in [1.54, 1.807) is 0 Å². The number of rotatable bonds is 5. The van der Waals surface area contributed by atoms with Crippen LogP contribution in [0.4, 0.5) is 0 Å². The van der Waals surface area contributed by atoms with Crippen molar-refractivity contribution in [2.45, 2.75) is 52.9 Å². The number of unbranched alkanes of at least 4 members (excludes halogenated alkanes) is 1. The molecule has 0 bridgehead atoms. The summed E-state index contributed by atoms with van der Waals surface area (Å²) >= 11 is 0. The van der Waals surface area contributed by atoms with Gasteiger partial charge in [0.05, 0.1) is 6.42 Å². The molecule has 1 aliphatic heterocycles. The summed E-state index contributed by atoms with van der Waals surface area (Å²) in [6.07, 6.45) is 9.30. The van der Waals surface area contributed by atoms with Crippen LogP contribution < -0.4 is 0 Å². The van der Waals surface area contributed by atoms with E-state index >= 15 is 0 Å². The topological polar surface area (TPSA) is 20.1 Å². The first-order chi connectivity index (χ1) is 8.11. The monoisotopic (exact) mass is 234 g/mol. The van der Waals surface area contributed by atoms with Gasteiger partial charge in [-0.25, -0.2) is 4.79 Å². The molecule has 0 atom stereocenters. The Morgan fingerprint density at radius 3 is 2.71 bits per heavy atom. The fraction of sp³-hybridized carbons (Fsp3) is 0.600. The van der Waals surface area contributed by atoms with Crippen molar-refractivity contribution >= 4 is 11.6 Å². The molecule has 0 aromatic carbocycles. The molecule has 0 N–H and O–H groups in total. The van der Waals surface area contributed by atoms with Gasteiger partial charge in [-0.1, -0.05) is 38.8 Å². The minimum Gasteiger partial charge on any atom is -0.219 e. The van der Waals surface area contributed by atoms with Crippen LogP contribution in [0.5, 0.6) is 0 Å². The highest BCUT2D eigenvalue weighted by molar-refractivity contribution is 6.11. The molecule has 0 aromatic heterocycles. The Kier molecular flexibility index (Phi) is 5.33. The van der Waals surface area contributed by atoms with Gasteiger partial charge < -0.3 is 0 Å². The van der Waals surface area contributed by atoms with E-state index in [0.717, 1.165) is 31.4 Å². The van der Waals surface area contributed by atoms with Crippen LogP contribution in [0, 0.1) is 0 Å². The Balaban J connectivity index is 3.11. The van der Waals surface area contributed by atoms with Gasteiger partial charge in [0.1, 0.15) is 7.05 Å². The molecule has 1 aliphatic rings. The van der Waals surface area contributed by atoms with Gasteiger partial charge in [-0.3, -0.25) is 0 Å². The molecule has 0 saturated heterocycles. The summed E-state index contributed by atoms with van der Waals surface area (Å²) in [5, 5.41) is 0. The Morgan fingerprint density at radius 1 is 1.41 bits per heavy atom. The summed E-state index contributed by atoms with van der Waals surface area (Å²) in [6, 6.07) is 0. The normalized spacial score (nSPS) is 17.5. The lowest BCUT2D eigenvalue weighted by molar-refractivity contribution is -0.418. The van der Waals surface area contributed by atoms with E-state index in [1.165, 1.54) is 11.1 Å². The van der Waals surface area contributed by atoms with E-state index in [4.69, 9.17) is 0 Å². The average molecular weight is 234 g/mol. The first-order valence-electron chi connectivity index (χ1n) is 6.61. The number of hydrogen-bond donors (Lipinski definition) is 0. The van der Waals surface area contributed by atoms with Gasteiger partial charge in [0.2, 0.25) is 5.71 Å². The average Bonchev–Trinajstić information content (AvgIpc) is 2.31. The van der Waals surface area contributed by atoms with Crippen molar-refractivity contribution < 1.29 is 9.37 Å². The summed E-state index contributed by atoms with van der Waals surface area (Å²) in [5.41, 5.74) is 3.71. The third kappa shape index (κ3) is 3.39. The molecule has 0 fully saturated rings. The smallest absolute Gasteiger partial charge is 0.219 e. The van der Waals surface area contributed by atoms with Crippen LogP contribution in [-0.2, 0) is 4.79 Å². The Hall–Kier alpha value is -1.18. The van der Waals surface area contributed by atoms with Crippen LogP contribution >= 0.6 is 0 Å². The lowest BCUT2D eigenvalue weighted by Gasteiger charge is -2.13. The summed E-state index contributed by atoms with van der Waals surface area (Å²) in [4.78, 5) is 11.8. The van der Waals surface area contributed by atoms with Gasteiger partial charge in [-0.05, 0) is 19.8 Å². The predicted molar refractivity (Wildman–Crippen MR) is 72.5 cm³/mol. The minimum atomic E-state index is 0.198. The number of allylic oxidation sites excluding steroid dienone is 3. The van der Waals surface area contributed by atoms with Crippen LogP contribution in [0.15, 0.2) is 23.3 Å². The zero-order valence-corrected chi connectivity index (χ0v) is 11.5. The van der Waals surface area contributed by atoms with E-state index in [1.807, 2.05) is 17.7 Å². The van der Waals surface area contributed by atoms with Crippen LogP contribution in [0.3, 0.4) is 0 Å². The highest BCUT2D eigenvalue weighted by Crippen LogP contribution is 2.18. The minimum absolute atomic E-state index is 0.198. The van der Waals surface area contributed by atoms with Crippen molar-refractivity contribution in [3.8, 4) is 0 Å². The third-order valence-electron chi connectivity index (χ3n) is 3.17. The van der Waals surface area contributed by atoms with Gasteiger partial charge in [0.25, 0.3) is 0 Å². The maximum Gasteiger partial charge on any atom is 0.390 e. The molecule has 0 saturated carbocycles. The summed E-state index contributed by atoms with van der Waals surface area (Å²) < 4.78 is 1.83. The van der Waals surface area contributed by atoms with E-state index in [0.29, 0.717) is 6.42 Å². The third-order valence-corrected chi connectivity index (χ3v) is 3.17. The second-order valence-electron chi connectivity index (χ2n) is 4.66. The highest BCUT2D eigenvalue weighted by atomic mass is 16.2. The van der Waals surface area contributed by atoms with E-state index in [9.17, 15) is 4.79 Å². The standard InChI is InChI=1S/C15H24NO/c1-5-7-9-13(8-6-2)15-12(3)10-11-14(17)16(15)4/h9-10H,5-8,11H2,1-4H3/q+1/b13-9+. The van der Waals surface area contributed by atoms with Gasteiger partial charge in [-0.2, -0.15) is 4.58 Å². The second-order valence-corrected chi connectivity index (χ2v) is 4.66. The molecule has 0 radical (unpaired) electrons. The van der Waals surface area contributed by atoms with Crippen LogP contribution in [0.25, 0.3) is 0 Å². The molecular weight excluding hydrogens is 210 g/mol. The molecule has 1 rings (SSSR count). The van der Waals surface area contributed by atoms with E-state index < -0.39 is 0 Å². The number of nitrogens with zero attached hydrogens (tertiary/aromatic N) is 1. The molecule has 0 aromatic rings. The fourth-order valence-corrected chi connectivity index (χ4v) is 2.24. The van der Waals surface area contributed by atoms with Crippen LogP contribution in [0.1, 0.15) is 52.9 Å². The number of carbonyl (C=O) groups excluding carboxylic acids is 1. The second kappa shape index (κ2) is 6.53. The van der Waals surface area contributed by atoms with E-state index in [-0.39, 0.29) is 5.91 Å². The summed E-state index contributed by atoms with van der Waals surface area (Å²) in [5.74, 6) is 0.198. The van der Waals surface area contributed by atoms with Crippen molar-refractivity contribution in [3.63, 3.8) is 0 Å². The lowest BCUT2D eigenvalue weighted by Crippen LogP contribution is -2.29. The first-order valence-corrected chi connectivity index (χ1v) is 6.61. The van der Waals surface area contributed by atoms with Crippen molar-refractivity contribution in [3.05, 3.63) is 23.3 Å². The predicted octanol–water partition coefficient (Wildman–Crippen LogP) is 3.47. The maximum atomic E-state index is 11.8. The number of amides is 1. The molecule has 0 unspecified atom stereocenters. The van der Waals surface area contributed by atoms with Crippen molar-refractivity contribution in [2.75, 3.05) is 7.05 Å². The Morgan fingerprint density at radius 2 is 2.12 bits per heavy atom. The molecule has 1 heterocycles. The quantitative estimate of drug-likeness (QED) is 0.667. The highest BCUT2D eigenvalue weighted by Gasteiger charge is 2.27. The molecule has 17 heavy (non-hydrogen) atoms. The Bertz CT molecular complexity index is 386.